The van der Waals surface area contributed by atoms with Crippen LogP contribution in [-0.2, 0) is 15.6 Å². The van der Waals surface area contributed by atoms with E-state index in [9.17, 15) is 13.8 Å². The zero-order valence-corrected chi connectivity index (χ0v) is 15.9. The van der Waals surface area contributed by atoms with Crippen molar-refractivity contribution in [3.63, 3.8) is 0 Å². The van der Waals surface area contributed by atoms with E-state index < -0.39 is 10.8 Å². The van der Waals surface area contributed by atoms with Crippen molar-refractivity contribution >= 4 is 22.6 Å². The van der Waals surface area contributed by atoms with Crippen molar-refractivity contribution in [3.05, 3.63) is 29.8 Å². The summed E-state index contributed by atoms with van der Waals surface area (Å²) in [6.45, 7) is 0. The summed E-state index contributed by atoms with van der Waals surface area (Å²) in [6, 6.07) is 6.58. The van der Waals surface area contributed by atoms with Crippen molar-refractivity contribution in [1.82, 2.24) is 10.9 Å². The van der Waals surface area contributed by atoms with E-state index in [0.717, 1.165) is 17.8 Å². The van der Waals surface area contributed by atoms with E-state index in [1.54, 1.807) is 30.5 Å². The van der Waals surface area contributed by atoms with Crippen LogP contribution in [0.25, 0.3) is 0 Å². The second-order valence-electron chi connectivity index (χ2n) is 8.58. The average molecular weight is 375 g/mol. The van der Waals surface area contributed by atoms with E-state index in [0.29, 0.717) is 16.9 Å². The molecule has 0 saturated heterocycles. The largest absolute Gasteiger partial charge is 0.273 e. The van der Waals surface area contributed by atoms with Crippen LogP contribution in [0.2, 0.25) is 0 Å². The van der Waals surface area contributed by atoms with Crippen molar-refractivity contribution in [2.24, 2.45) is 23.2 Å². The van der Waals surface area contributed by atoms with E-state index >= 15 is 0 Å². The van der Waals surface area contributed by atoms with Gasteiger partial charge in [-0.25, -0.2) is 0 Å². The summed E-state index contributed by atoms with van der Waals surface area (Å²) in [4.78, 5) is 25.3. The average Bonchev–Trinajstić information content (AvgIpc) is 2.58. The number of hydrogen-bond acceptors (Lipinski definition) is 3. The topological polar surface area (TPSA) is 75.3 Å². The maximum Gasteiger partial charge on any atom is 0.269 e. The first kappa shape index (κ1) is 17.7. The third kappa shape index (κ3) is 3.56. The molecule has 4 fully saturated rings. The number of nitrogens with one attached hydrogen (secondary N) is 2. The summed E-state index contributed by atoms with van der Waals surface area (Å²) in [5.41, 5.74) is 5.71. The summed E-state index contributed by atoms with van der Waals surface area (Å²) in [5.74, 6) is 1.99. The van der Waals surface area contributed by atoms with Gasteiger partial charge in [-0.2, -0.15) is 0 Å². The molecule has 0 aliphatic heterocycles. The van der Waals surface area contributed by atoms with Crippen LogP contribution in [0.5, 0.6) is 0 Å². The molecule has 1 aromatic rings. The number of carbonyl (C=O) groups excluding carboxylic acids is 2. The summed E-state index contributed by atoms with van der Waals surface area (Å²) >= 11 is 0. The van der Waals surface area contributed by atoms with Crippen LogP contribution in [0.15, 0.2) is 29.2 Å². The molecule has 0 heterocycles. The minimum atomic E-state index is -1.07. The zero-order valence-electron chi connectivity index (χ0n) is 15.1. The maximum atomic E-state index is 12.4. The van der Waals surface area contributed by atoms with Gasteiger partial charge in [-0.1, -0.05) is 0 Å². The highest BCUT2D eigenvalue weighted by atomic mass is 32.2. The predicted octanol–water partition coefficient (Wildman–Crippen LogP) is 2.79. The Morgan fingerprint density at radius 2 is 1.54 bits per heavy atom. The van der Waals surface area contributed by atoms with Gasteiger partial charge in [0.25, 0.3) is 5.91 Å². The van der Waals surface area contributed by atoms with Gasteiger partial charge in [-0.3, -0.25) is 24.6 Å². The Morgan fingerprint density at radius 1 is 1.00 bits per heavy atom. The van der Waals surface area contributed by atoms with Crippen molar-refractivity contribution in [3.8, 4) is 0 Å². The normalized spacial score (nSPS) is 32.9. The fourth-order valence-corrected chi connectivity index (χ4v) is 6.41. The monoisotopic (exact) mass is 374 g/mol. The number of benzene rings is 1. The molecule has 2 N–H and O–H groups in total. The molecule has 6 heteroatoms. The molecule has 0 aromatic heterocycles. The van der Waals surface area contributed by atoms with Crippen LogP contribution in [0.1, 0.15) is 55.3 Å². The maximum absolute atomic E-state index is 12.4. The van der Waals surface area contributed by atoms with Crippen LogP contribution >= 0.6 is 0 Å². The molecule has 26 heavy (non-hydrogen) atoms. The lowest BCUT2D eigenvalue weighted by Gasteiger charge is -2.56. The summed E-state index contributed by atoms with van der Waals surface area (Å²) in [7, 11) is -1.07. The third-order valence-corrected chi connectivity index (χ3v) is 7.40. The van der Waals surface area contributed by atoms with Crippen LogP contribution in [-0.4, -0.2) is 22.3 Å². The molecule has 4 aliphatic carbocycles. The molecular weight excluding hydrogens is 348 g/mol. The van der Waals surface area contributed by atoms with Gasteiger partial charge in [-0.15, -0.1) is 0 Å². The fraction of sp³-hybridized carbons (Fsp3) is 0.600. The molecule has 1 atom stereocenters. The zero-order chi connectivity index (χ0) is 18.3. The van der Waals surface area contributed by atoms with E-state index in [1.807, 2.05) is 0 Å². The Morgan fingerprint density at radius 3 is 2.04 bits per heavy atom. The molecule has 2 amide bonds. The summed E-state index contributed by atoms with van der Waals surface area (Å²) in [5, 5.41) is 0. The first-order valence-electron chi connectivity index (χ1n) is 9.45. The summed E-state index contributed by atoms with van der Waals surface area (Å²) in [6.07, 6.45) is 9.72. The number of hydrogen-bond donors (Lipinski definition) is 2. The van der Waals surface area contributed by atoms with Gasteiger partial charge in [0, 0.05) is 33.9 Å². The molecule has 4 aliphatic rings. The van der Waals surface area contributed by atoms with Gasteiger partial charge >= 0.3 is 0 Å². The van der Waals surface area contributed by atoms with Crippen molar-refractivity contribution in [2.75, 3.05) is 6.26 Å². The van der Waals surface area contributed by atoms with Gasteiger partial charge in [0.05, 0.1) is 0 Å². The molecule has 4 bridgehead atoms. The van der Waals surface area contributed by atoms with Crippen molar-refractivity contribution in [1.29, 1.82) is 0 Å². The Balaban J connectivity index is 1.31. The van der Waals surface area contributed by atoms with Crippen LogP contribution in [0.4, 0.5) is 0 Å². The second kappa shape index (κ2) is 6.80. The van der Waals surface area contributed by atoms with Crippen LogP contribution < -0.4 is 10.9 Å². The highest BCUT2D eigenvalue weighted by Gasteiger charge is 2.51. The molecule has 1 unspecified atom stereocenters. The second-order valence-corrected chi connectivity index (χ2v) is 9.95. The Labute approximate surface area is 156 Å². The number of amides is 2. The van der Waals surface area contributed by atoms with E-state index in [2.05, 4.69) is 10.9 Å². The van der Waals surface area contributed by atoms with E-state index in [-0.39, 0.29) is 17.2 Å². The van der Waals surface area contributed by atoms with Gasteiger partial charge in [-0.05, 0) is 86.0 Å². The van der Waals surface area contributed by atoms with Crippen molar-refractivity contribution in [2.45, 2.75) is 49.8 Å². The highest BCUT2D eigenvalue weighted by Crippen LogP contribution is 2.61. The lowest BCUT2D eigenvalue weighted by molar-refractivity contribution is -0.130. The third-order valence-electron chi connectivity index (χ3n) is 6.46. The van der Waals surface area contributed by atoms with Crippen LogP contribution in [0.3, 0.4) is 0 Å². The molecule has 5 rings (SSSR count). The van der Waals surface area contributed by atoms with Gasteiger partial charge < -0.3 is 0 Å². The predicted molar refractivity (Wildman–Crippen MR) is 99.6 cm³/mol. The molecule has 1 aromatic carbocycles. The minimum absolute atomic E-state index is 0.0911. The lowest BCUT2D eigenvalue weighted by atomic mass is 9.49. The molecule has 0 radical (unpaired) electrons. The Bertz CT molecular complexity index is 709. The summed E-state index contributed by atoms with van der Waals surface area (Å²) < 4.78 is 11.4. The van der Waals surface area contributed by atoms with Gasteiger partial charge in [0.1, 0.15) is 0 Å². The molecule has 5 nitrogen and oxygen atoms in total. The van der Waals surface area contributed by atoms with Gasteiger partial charge in [0.2, 0.25) is 5.91 Å². The molecular formula is C20H26N2O3S. The number of carbonyl (C=O) groups is 2. The highest BCUT2D eigenvalue weighted by molar-refractivity contribution is 7.84. The number of hydrazine groups is 1. The molecule has 140 valence electrons. The smallest absolute Gasteiger partial charge is 0.269 e. The van der Waals surface area contributed by atoms with Crippen molar-refractivity contribution < 1.29 is 13.8 Å². The van der Waals surface area contributed by atoms with E-state index in [4.69, 9.17) is 0 Å². The quantitative estimate of drug-likeness (QED) is 0.796. The standard InChI is InChI=1S/C20H26N2O3S/c1-26(25)17-4-2-16(3-5-17)19(24)22-21-18(23)12-20-9-13-6-14(10-20)8-15(7-13)11-20/h2-5,13-15H,6-12H2,1H3,(H,21,23)(H,22,24). The Hall–Kier alpha value is -1.69. The number of rotatable bonds is 4. The van der Waals surface area contributed by atoms with E-state index in [1.165, 1.54) is 38.5 Å². The molecule has 4 saturated carbocycles. The fourth-order valence-electron chi connectivity index (χ4n) is 5.89. The van der Waals surface area contributed by atoms with Crippen LogP contribution in [0, 0.1) is 23.2 Å². The lowest BCUT2D eigenvalue weighted by Crippen LogP contribution is -2.50. The SMILES string of the molecule is CS(=O)c1ccc(C(=O)NNC(=O)CC23CC4CC(CC(C4)C2)C3)cc1. The van der Waals surface area contributed by atoms with Gasteiger partial charge in [0.15, 0.2) is 0 Å². The Kier molecular flexibility index (Phi) is 4.63. The molecule has 0 spiro atoms. The first-order valence-corrected chi connectivity index (χ1v) is 11.0. The first-order chi connectivity index (χ1) is 12.4. The minimum Gasteiger partial charge on any atom is -0.273 e.